The number of aryl methyl sites for hydroxylation is 2. The van der Waals surface area contributed by atoms with Crippen molar-refractivity contribution in [1.29, 1.82) is 0 Å². The van der Waals surface area contributed by atoms with E-state index in [0.29, 0.717) is 11.8 Å². The fraction of sp³-hybridized carbons (Fsp3) is 0.500. The molecule has 1 nitrogen and oxygen atoms in total. The van der Waals surface area contributed by atoms with Crippen molar-refractivity contribution >= 4 is 0 Å². The molecular formula is C24H34O. The molecule has 0 saturated heterocycles. The second-order valence-electron chi connectivity index (χ2n) is 7.61. The molecule has 0 atom stereocenters. The van der Waals surface area contributed by atoms with E-state index in [1.165, 1.54) is 22.3 Å². The Morgan fingerprint density at radius 3 is 1.28 bits per heavy atom. The Bertz CT molecular complexity index is 537. The Morgan fingerprint density at radius 1 is 0.600 bits per heavy atom. The Kier molecular flexibility index (Phi) is 8.21. The molecule has 0 aliphatic heterocycles. The van der Waals surface area contributed by atoms with E-state index in [2.05, 4.69) is 76.2 Å². The van der Waals surface area contributed by atoms with Crippen LogP contribution in [-0.2, 0) is 17.6 Å². The molecule has 0 aliphatic carbocycles. The number of benzene rings is 2. The summed E-state index contributed by atoms with van der Waals surface area (Å²) in [6.45, 7) is 10.7. The van der Waals surface area contributed by atoms with Crippen LogP contribution in [0.5, 0.6) is 0 Å². The van der Waals surface area contributed by atoms with Crippen molar-refractivity contribution in [2.45, 2.75) is 65.2 Å². The molecule has 0 aliphatic rings. The summed E-state index contributed by atoms with van der Waals surface area (Å²) in [5, 5.41) is 0. The highest BCUT2D eigenvalue weighted by molar-refractivity contribution is 5.25. The van der Waals surface area contributed by atoms with E-state index in [-0.39, 0.29) is 0 Å². The van der Waals surface area contributed by atoms with Gasteiger partial charge in [0.15, 0.2) is 0 Å². The smallest absolute Gasteiger partial charge is 0.0469 e. The third-order valence-electron chi connectivity index (χ3n) is 4.80. The van der Waals surface area contributed by atoms with Gasteiger partial charge >= 0.3 is 0 Å². The zero-order valence-electron chi connectivity index (χ0n) is 16.4. The molecule has 25 heavy (non-hydrogen) atoms. The van der Waals surface area contributed by atoms with Gasteiger partial charge in [0.05, 0.1) is 0 Å². The standard InChI is InChI=1S/C24H34O/c1-19(2)23-13-9-21(10-14-23)7-5-17-25-18-6-8-22-11-15-24(16-12-22)20(3)4/h9-16,19-20H,5-8,17-18H2,1-4H3. The molecule has 2 aromatic rings. The van der Waals surface area contributed by atoms with E-state index >= 15 is 0 Å². The summed E-state index contributed by atoms with van der Waals surface area (Å²) in [7, 11) is 0. The maximum atomic E-state index is 5.80. The summed E-state index contributed by atoms with van der Waals surface area (Å²) in [5.41, 5.74) is 5.67. The predicted octanol–water partition coefficient (Wildman–Crippen LogP) is 6.52. The van der Waals surface area contributed by atoms with Gasteiger partial charge in [-0.2, -0.15) is 0 Å². The van der Waals surface area contributed by atoms with Gasteiger partial charge < -0.3 is 4.74 Å². The monoisotopic (exact) mass is 338 g/mol. The second kappa shape index (κ2) is 10.4. The largest absolute Gasteiger partial charge is 0.381 e. The molecule has 0 fully saturated rings. The molecule has 2 aromatic carbocycles. The zero-order chi connectivity index (χ0) is 18.1. The van der Waals surface area contributed by atoms with E-state index in [4.69, 9.17) is 4.74 Å². The van der Waals surface area contributed by atoms with Gasteiger partial charge in [-0.1, -0.05) is 76.2 Å². The fourth-order valence-electron chi connectivity index (χ4n) is 3.00. The van der Waals surface area contributed by atoms with Crippen LogP contribution in [0.25, 0.3) is 0 Å². The number of hydrogen-bond acceptors (Lipinski definition) is 1. The van der Waals surface area contributed by atoms with Crippen LogP contribution < -0.4 is 0 Å². The summed E-state index contributed by atoms with van der Waals surface area (Å²) in [4.78, 5) is 0. The molecule has 0 aromatic heterocycles. The minimum atomic E-state index is 0.610. The lowest BCUT2D eigenvalue weighted by Crippen LogP contribution is -2.00. The lowest BCUT2D eigenvalue weighted by molar-refractivity contribution is 0.130. The number of ether oxygens (including phenoxy) is 1. The van der Waals surface area contributed by atoms with Crippen LogP contribution in [0.2, 0.25) is 0 Å². The molecule has 136 valence electrons. The molecule has 0 spiro atoms. The van der Waals surface area contributed by atoms with Crippen molar-refractivity contribution in [3.8, 4) is 0 Å². The van der Waals surface area contributed by atoms with Gasteiger partial charge in [-0.25, -0.2) is 0 Å². The predicted molar refractivity (Wildman–Crippen MR) is 109 cm³/mol. The first-order chi connectivity index (χ1) is 12.1. The van der Waals surface area contributed by atoms with Crippen LogP contribution in [-0.4, -0.2) is 13.2 Å². The highest BCUT2D eigenvalue weighted by Gasteiger charge is 2.01. The van der Waals surface area contributed by atoms with Crippen molar-refractivity contribution in [2.24, 2.45) is 0 Å². The van der Waals surface area contributed by atoms with Crippen LogP contribution >= 0.6 is 0 Å². The molecule has 0 unspecified atom stereocenters. The van der Waals surface area contributed by atoms with Gasteiger partial charge in [0, 0.05) is 13.2 Å². The van der Waals surface area contributed by atoms with E-state index < -0.39 is 0 Å². The van der Waals surface area contributed by atoms with Crippen molar-refractivity contribution < 1.29 is 4.74 Å². The average Bonchev–Trinajstić information content (AvgIpc) is 2.61. The van der Waals surface area contributed by atoms with Crippen LogP contribution in [0.3, 0.4) is 0 Å². The Hall–Kier alpha value is -1.60. The molecule has 0 amide bonds. The summed E-state index contributed by atoms with van der Waals surface area (Å²) < 4.78 is 5.80. The normalized spacial score (nSPS) is 11.4. The highest BCUT2D eigenvalue weighted by atomic mass is 16.5. The molecular weight excluding hydrogens is 304 g/mol. The quantitative estimate of drug-likeness (QED) is 0.448. The molecule has 0 bridgehead atoms. The summed E-state index contributed by atoms with van der Waals surface area (Å²) in [6.07, 6.45) is 4.41. The number of hydrogen-bond donors (Lipinski definition) is 0. The van der Waals surface area contributed by atoms with E-state index in [1.807, 2.05) is 0 Å². The fourth-order valence-corrected chi connectivity index (χ4v) is 3.00. The van der Waals surface area contributed by atoms with Gasteiger partial charge in [-0.3, -0.25) is 0 Å². The molecule has 0 saturated carbocycles. The van der Waals surface area contributed by atoms with Crippen molar-refractivity contribution in [2.75, 3.05) is 13.2 Å². The molecule has 0 radical (unpaired) electrons. The third kappa shape index (κ3) is 7.04. The molecule has 0 N–H and O–H groups in total. The lowest BCUT2D eigenvalue weighted by atomic mass is 10.0. The van der Waals surface area contributed by atoms with Gasteiger partial charge in [-0.15, -0.1) is 0 Å². The maximum Gasteiger partial charge on any atom is 0.0469 e. The average molecular weight is 339 g/mol. The van der Waals surface area contributed by atoms with Crippen LogP contribution in [0.4, 0.5) is 0 Å². The van der Waals surface area contributed by atoms with Gasteiger partial charge in [-0.05, 0) is 59.8 Å². The topological polar surface area (TPSA) is 9.23 Å². The van der Waals surface area contributed by atoms with Gasteiger partial charge in [0.2, 0.25) is 0 Å². The van der Waals surface area contributed by atoms with Crippen LogP contribution in [0, 0.1) is 0 Å². The first-order valence-electron chi connectivity index (χ1n) is 9.81. The second-order valence-corrected chi connectivity index (χ2v) is 7.61. The molecule has 1 heteroatoms. The summed E-state index contributed by atoms with van der Waals surface area (Å²) in [5.74, 6) is 1.22. The van der Waals surface area contributed by atoms with Crippen molar-refractivity contribution in [3.63, 3.8) is 0 Å². The zero-order valence-corrected chi connectivity index (χ0v) is 16.4. The van der Waals surface area contributed by atoms with E-state index in [1.54, 1.807) is 0 Å². The minimum Gasteiger partial charge on any atom is -0.381 e. The molecule has 2 rings (SSSR count). The van der Waals surface area contributed by atoms with Crippen molar-refractivity contribution in [1.82, 2.24) is 0 Å². The Balaban J connectivity index is 1.56. The summed E-state index contributed by atoms with van der Waals surface area (Å²) in [6, 6.07) is 18.1. The van der Waals surface area contributed by atoms with E-state index in [0.717, 1.165) is 38.9 Å². The number of rotatable bonds is 10. The first kappa shape index (κ1) is 19.7. The summed E-state index contributed by atoms with van der Waals surface area (Å²) >= 11 is 0. The van der Waals surface area contributed by atoms with Crippen molar-refractivity contribution in [3.05, 3.63) is 70.8 Å². The van der Waals surface area contributed by atoms with Crippen LogP contribution in [0.15, 0.2) is 48.5 Å². The lowest BCUT2D eigenvalue weighted by Gasteiger charge is -2.08. The SMILES string of the molecule is CC(C)c1ccc(CCCOCCCc2ccc(C(C)C)cc2)cc1. The van der Waals surface area contributed by atoms with Gasteiger partial charge in [0.25, 0.3) is 0 Å². The Morgan fingerprint density at radius 2 is 0.960 bits per heavy atom. The highest BCUT2D eigenvalue weighted by Crippen LogP contribution is 2.16. The Labute approximate surface area is 154 Å². The van der Waals surface area contributed by atoms with Crippen LogP contribution in [0.1, 0.15) is 74.6 Å². The maximum absolute atomic E-state index is 5.80. The first-order valence-corrected chi connectivity index (χ1v) is 9.81. The molecule has 0 heterocycles. The van der Waals surface area contributed by atoms with E-state index in [9.17, 15) is 0 Å². The minimum absolute atomic E-state index is 0.610. The third-order valence-corrected chi connectivity index (χ3v) is 4.80. The van der Waals surface area contributed by atoms with Gasteiger partial charge in [0.1, 0.15) is 0 Å².